The lowest BCUT2D eigenvalue weighted by Crippen LogP contribution is -2.32. The summed E-state index contributed by atoms with van der Waals surface area (Å²) in [6.45, 7) is -1.28. The summed E-state index contributed by atoms with van der Waals surface area (Å²) in [5.41, 5.74) is 3.87. The third-order valence-corrected chi connectivity index (χ3v) is 4.04. The second-order valence-corrected chi connectivity index (χ2v) is 5.66. The molecule has 2 aromatic heterocycles. The van der Waals surface area contributed by atoms with Crippen molar-refractivity contribution in [3.05, 3.63) is 20.8 Å². The highest BCUT2D eigenvalue weighted by atomic mass is 19.1. The van der Waals surface area contributed by atoms with Gasteiger partial charge in [0.15, 0.2) is 17.4 Å². The Bertz CT molecular complexity index is 957. The Morgan fingerprint density at radius 2 is 2.28 bits per heavy atom. The number of alkyl halides is 1. The Kier molecular flexibility index (Phi) is 4.34. The van der Waals surface area contributed by atoms with Crippen LogP contribution < -0.4 is 17.0 Å². The zero-order valence-corrected chi connectivity index (χ0v) is 12.9. The lowest BCUT2D eigenvalue weighted by molar-refractivity contribution is -0.0797. The first-order valence-corrected chi connectivity index (χ1v) is 7.40. The van der Waals surface area contributed by atoms with Crippen LogP contribution in [0.15, 0.2) is 9.59 Å². The van der Waals surface area contributed by atoms with E-state index < -0.39 is 42.5 Å². The highest BCUT2D eigenvalue weighted by Crippen LogP contribution is 2.31. The van der Waals surface area contributed by atoms with Crippen molar-refractivity contribution in [2.45, 2.75) is 37.5 Å². The number of aliphatic hydroxyl groups excluding tert-OH is 2. The van der Waals surface area contributed by atoms with Crippen LogP contribution in [0.25, 0.3) is 11.2 Å². The molecule has 1 aliphatic rings. The van der Waals surface area contributed by atoms with Crippen molar-refractivity contribution in [1.82, 2.24) is 19.1 Å². The van der Waals surface area contributed by atoms with Crippen molar-refractivity contribution in [3.63, 3.8) is 0 Å². The van der Waals surface area contributed by atoms with Crippen LogP contribution in [0.1, 0.15) is 12.6 Å². The van der Waals surface area contributed by atoms with E-state index in [4.69, 9.17) is 16.9 Å². The van der Waals surface area contributed by atoms with Gasteiger partial charge in [-0.05, 0) is 0 Å². The third-order valence-electron chi connectivity index (χ3n) is 4.04. The number of aliphatic hydroxyl groups is 2. The highest BCUT2D eigenvalue weighted by Gasteiger charge is 2.41. The summed E-state index contributed by atoms with van der Waals surface area (Å²) < 4.78 is 20.0. The molecule has 0 bridgehead atoms. The maximum Gasteiger partial charge on any atom is 0.333 e. The minimum atomic E-state index is -1.45. The fraction of sp³-hybridized carbons (Fsp3) is 0.500. The summed E-state index contributed by atoms with van der Waals surface area (Å²) in [5.74, 6) is 2.02. The average Bonchev–Trinajstić information content (AvgIpc) is 3.05. The first-order chi connectivity index (χ1) is 11.9. The molecule has 3 heterocycles. The quantitative estimate of drug-likeness (QED) is 0.468. The molecule has 1 aliphatic heterocycles. The SMILES string of the molecule is C#CCn1c(=O)n([C@@H]2O[C@H]([C@@H](O)CF)C[C@H]2O)c2nc(N)[nH]c(=O)c21. The van der Waals surface area contributed by atoms with Crippen molar-refractivity contribution in [2.75, 3.05) is 12.4 Å². The average molecular weight is 353 g/mol. The minimum absolute atomic E-state index is 0.0946. The number of hydrogen-bond donors (Lipinski definition) is 4. The van der Waals surface area contributed by atoms with Crippen molar-refractivity contribution in [3.8, 4) is 12.3 Å². The van der Waals surface area contributed by atoms with Gasteiger partial charge in [-0.15, -0.1) is 6.42 Å². The van der Waals surface area contributed by atoms with Crippen molar-refractivity contribution < 1.29 is 19.3 Å². The molecule has 134 valence electrons. The largest absolute Gasteiger partial charge is 0.388 e. The zero-order valence-electron chi connectivity index (χ0n) is 12.9. The molecule has 1 saturated heterocycles. The van der Waals surface area contributed by atoms with Crippen LogP contribution in [-0.2, 0) is 11.3 Å². The number of imidazole rings is 1. The Hall–Kier alpha value is -2.68. The number of nitrogens with two attached hydrogens (primary N) is 1. The minimum Gasteiger partial charge on any atom is -0.388 e. The van der Waals surface area contributed by atoms with Gasteiger partial charge in [-0.1, -0.05) is 5.92 Å². The molecule has 0 amide bonds. The molecule has 4 atom stereocenters. The number of anilines is 1. The molecule has 0 unspecified atom stereocenters. The van der Waals surface area contributed by atoms with E-state index >= 15 is 0 Å². The fourth-order valence-corrected chi connectivity index (χ4v) is 2.93. The smallest absolute Gasteiger partial charge is 0.333 e. The zero-order chi connectivity index (χ0) is 18.3. The monoisotopic (exact) mass is 353 g/mol. The van der Waals surface area contributed by atoms with E-state index in [1.165, 1.54) is 0 Å². The number of aromatic nitrogens is 4. The van der Waals surface area contributed by atoms with Crippen LogP contribution in [0.4, 0.5) is 10.3 Å². The summed E-state index contributed by atoms with van der Waals surface area (Å²) in [7, 11) is 0. The number of terminal acetylenes is 1. The number of aromatic amines is 1. The van der Waals surface area contributed by atoms with Gasteiger partial charge in [0.1, 0.15) is 18.9 Å². The van der Waals surface area contributed by atoms with Gasteiger partial charge in [0.05, 0.1) is 12.6 Å². The van der Waals surface area contributed by atoms with E-state index in [1.54, 1.807) is 0 Å². The normalized spacial score (nSPS) is 24.5. The van der Waals surface area contributed by atoms with Crippen molar-refractivity contribution in [2.24, 2.45) is 0 Å². The van der Waals surface area contributed by atoms with Gasteiger partial charge in [0.2, 0.25) is 5.95 Å². The lowest BCUT2D eigenvalue weighted by atomic mass is 10.1. The lowest BCUT2D eigenvalue weighted by Gasteiger charge is -2.17. The van der Waals surface area contributed by atoms with Crippen molar-refractivity contribution >= 4 is 17.1 Å². The van der Waals surface area contributed by atoms with Crippen LogP contribution in [-0.4, -0.2) is 54.3 Å². The van der Waals surface area contributed by atoms with Crippen molar-refractivity contribution in [1.29, 1.82) is 0 Å². The van der Waals surface area contributed by atoms with Gasteiger partial charge < -0.3 is 20.7 Å². The summed E-state index contributed by atoms with van der Waals surface area (Å²) >= 11 is 0. The first kappa shape index (κ1) is 17.2. The molecule has 5 N–H and O–H groups in total. The summed E-state index contributed by atoms with van der Waals surface area (Å²) in [5, 5.41) is 19.8. The Morgan fingerprint density at radius 1 is 1.56 bits per heavy atom. The molecular formula is C14H16FN5O5. The summed E-state index contributed by atoms with van der Waals surface area (Å²) in [4.78, 5) is 31.1. The Balaban J connectivity index is 2.20. The number of hydrogen-bond acceptors (Lipinski definition) is 7. The van der Waals surface area contributed by atoms with E-state index in [9.17, 15) is 24.2 Å². The van der Waals surface area contributed by atoms with Gasteiger partial charge in [-0.25, -0.2) is 13.8 Å². The summed E-state index contributed by atoms with van der Waals surface area (Å²) in [6.07, 6.45) is 0.189. The standard InChI is InChI=1S/C14H16FN5O5/c1-2-3-19-9-10(17-13(16)18-11(9)23)20(14(19)24)12-6(21)4-8(25-12)7(22)5-15/h1,6-8,12,21-22H,3-5H2,(H3,16,17,18,23)/t6-,7+,8+,12-/m1/s1. The number of halogens is 1. The molecule has 1 fully saturated rings. The molecule has 0 saturated carbocycles. The number of nitrogen functional groups attached to an aromatic ring is 1. The molecular weight excluding hydrogens is 337 g/mol. The molecule has 10 nitrogen and oxygen atoms in total. The Labute approximate surface area is 139 Å². The van der Waals surface area contributed by atoms with E-state index in [0.29, 0.717) is 0 Å². The molecule has 0 radical (unpaired) electrons. The van der Waals surface area contributed by atoms with Gasteiger partial charge in [-0.3, -0.25) is 14.3 Å². The predicted molar refractivity (Wildman–Crippen MR) is 84.4 cm³/mol. The molecule has 0 aromatic carbocycles. The molecule has 3 rings (SSSR count). The number of ether oxygens (including phenoxy) is 1. The van der Waals surface area contributed by atoms with Gasteiger partial charge in [-0.2, -0.15) is 4.98 Å². The maximum absolute atomic E-state index is 12.7. The summed E-state index contributed by atoms with van der Waals surface area (Å²) in [6, 6.07) is 0. The van der Waals surface area contributed by atoms with E-state index in [1.807, 2.05) is 0 Å². The maximum atomic E-state index is 12.7. The Morgan fingerprint density at radius 3 is 2.92 bits per heavy atom. The molecule has 25 heavy (non-hydrogen) atoms. The highest BCUT2D eigenvalue weighted by molar-refractivity contribution is 5.72. The molecule has 11 heteroatoms. The van der Waals surface area contributed by atoms with Crippen LogP contribution in [0.2, 0.25) is 0 Å². The van der Waals surface area contributed by atoms with Gasteiger partial charge >= 0.3 is 5.69 Å². The van der Waals surface area contributed by atoms with Crippen LogP contribution in [0.5, 0.6) is 0 Å². The second kappa shape index (κ2) is 6.32. The number of fused-ring (bicyclic) bond motifs is 1. The third kappa shape index (κ3) is 2.70. The molecule has 0 aliphatic carbocycles. The van der Waals surface area contributed by atoms with Gasteiger partial charge in [0.25, 0.3) is 5.56 Å². The van der Waals surface area contributed by atoms with E-state index in [-0.39, 0.29) is 30.1 Å². The van der Waals surface area contributed by atoms with Crippen LogP contribution in [0.3, 0.4) is 0 Å². The number of nitrogens with one attached hydrogen (secondary N) is 1. The number of rotatable bonds is 4. The first-order valence-electron chi connectivity index (χ1n) is 7.40. The van der Waals surface area contributed by atoms with E-state index in [2.05, 4.69) is 15.9 Å². The topological polar surface area (TPSA) is 148 Å². The molecule has 0 spiro atoms. The van der Waals surface area contributed by atoms with E-state index in [0.717, 1.165) is 9.13 Å². The number of nitrogens with zero attached hydrogens (tertiary/aromatic N) is 3. The predicted octanol–water partition coefficient (Wildman–Crippen LogP) is -1.92. The van der Waals surface area contributed by atoms with Crippen LogP contribution in [0, 0.1) is 12.3 Å². The van der Waals surface area contributed by atoms with Gasteiger partial charge in [0, 0.05) is 6.42 Å². The van der Waals surface area contributed by atoms with Crippen LogP contribution >= 0.6 is 0 Å². The number of H-pyrrole nitrogens is 1. The molecule has 2 aromatic rings. The fourth-order valence-electron chi connectivity index (χ4n) is 2.93. The second-order valence-electron chi connectivity index (χ2n) is 5.66.